The standard InChI is InChI=1S/C24H15Cl2FN4O4/c25-15-6-12(10-28)7-16(9-15)35-22-17(26)5-4-14(20(22)27)11-29-23(32)19-8-13-2-1-3-18(21(13)30-19)31-24(33)34/h1-9,30-31H,11H2,(H,29,32)(H,33,34). The summed E-state index contributed by atoms with van der Waals surface area (Å²) in [7, 11) is 0. The molecular formula is C24H15Cl2FN4O4. The summed E-state index contributed by atoms with van der Waals surface area (Å²) in [6.07, 6.45) is -1.24. The van der Waals surface area contributed by atoms with E-state index < -0.39 is 17.8 Å². The van der Waals surface area contributed by atoms with Crippen LogP contribution in [0.5, 0.6) is 11.5 Å². The molecule has 0 saturated carbocycles. The predicted octanol–water partition coefficient (Wildman–Crippen LogP) is 6.30. The van der Waals surface area contributed by atoms with E-state index >= 15 is 4.39 Å². The molecule has 35 heavy (non-hydrogen) atoms. The van der Waals surface area contributed by atoms with Crippen LogP contribution in [-0.4, -0.2) is 22.1 Å². The first kappa shape index (κ1) is 23.9. The van der Waals surface area contributed by atoms with E-state index in [1.165, 1.54) is 30.3 Å². The highest BCUT2D eigenvalue weighted by molar-refractivity contribution is 6.32. The Kier molecular flexibility index (Phi) is 6.78. The first-order valence-corrected chi connectivity index (χ1v) is 10.8. The number of nitrogens with zero attached hydrogens (tertiary/aromatic N) is 1. The fourth-order valence-corrected chi connectivity index (χ4v) is 3.79. The Hall–Kier alpha value is -4.26. The molecule has 0 aliphatic rings. The maximum absolute atomic E-state index is 15.2. The van der Waals surface area contributed by atoms with E-state index in [1.54, 1.807) is 24.3 Å². The molecule has 11 heteroatoms. The Morgan fingerprint density at radius 2 is 1.94 bits per heavy atom. The van der Waals surface area contributed by atoms with Crippen LogP contribution in [0.25, 0.3) is 10.9 Å². The second-order valence-corrected chi connectivity index (χ2v) is 8.15. The lowest BCUT2D eigenvalue weighted by molar-refractivity contribution is 0.0946. The number of para-hydroxylation sites is 1. The van der Waals surface area contributed by atoms with Gasteiger partial charge in [-0.15, -0.1) is 0 Å². The number of anilines is 1. The van der Waals surface area contributed by atoms with Crippen LogP contribution in [0, 0.1) is 17.1 Å². The lowest BCUT2D eigenvalue weighted by Gasteiger charge is -2.13. The molecule has 4 N–H and O–H groups in total. The number of amides is 2. The summed E-state index contributed by atoms with van der Waals surface area (Å²) >= 11 is 12.1. The van der Waals surface area contributed by atoms with Crippen molar-refractivity contribution in [3.63, 3.8) is 0 Å². The van der Waals surface area contributed by atoms with Crippen molar-refractivity contribution >= 4 is 51.8 Å². The van der Waals surface area contributed by atoms with Crippen molar-refractivity contribution in [2.24, 2.45) is 0 Å². The summed E-state index contributed by atoms with van der Waals surface area (Å²) in [5.41, 5.74) is 1.22. The second kappa shape index (κ2) is 9.93. The predicted molar refractivity (Wildman–Crippen MR) is 129 cm³/mol. The number of aromatic nitrogens is 1. The van der Waals surface area contributed by atoms with Gasteiger partial charge >= 0.3 is 6.09 Å². The number of rotatable bonds is 6. The van der Waals surface area contributed by atoms with E-state index in [-0.39, 0.29) is 44.9 Å². The minimum Gasteiger partial charge on any atom is -0.465 e. The summed E-state index contributed by atoms with van der Waals surface area (Å²) in [5, 5.41) is 23.8. The highest BCUT2D eigenvalue weighted by Crippen LogP contribution is 2.35. The van der Waals surface area contributed by atoms with Crippen molar-refractivity contribution in [3.05, 3.63) is 87.3 Å². The van der Waals surface area contributed by atoms with Crippen molar-refractivity contribution in [1.29, 1.82) is 5.26 Å². The Balaban J connectivity index is 1.53. The van der Waals surface area contributed by atoms with Gasteiger partial charge in [-0.3, -0.25) is 10.1 Å². The molecule has 3 aromatic carbocycles. The van der Waals surface area contributed by atoms with Crippen LogP contribution >= 0.6 is 23.2 Å². The number of nitriles is 1. The largest absolute Gasteiger partial charge is 0.465 e. The number of benzene rings is 3. The molecule has 0 radical (unpaired) electrons. The summed E-state index contributed by atoms with van der Waals surface area (Å²) in [6, 6.07) is 15.5. The third-order valence-electron chi connectivity index (χ3n) is 4.93. The van der Waals surface area contributed by atoms with Crippen LogP contribution in [0.2, 0.25) is 10.0 Å². The Labute approximate surface area is 207 Å². The zero-order valence-corrected chi connectivity index (χ0v) is 19.2. The fraction of sp³-hybridized carbons (Fsp3) is 0.0417. The molecule has 1 aromatic heterocycles. The van der Waals surface area contributed by atoms with Crippen LogP contribution < -0.4 is 15.4 Å². The third kappa shape index (κ3) is 5.30. The average Bonchev–Trinajstić information content (AvgIpc) is 3.26. The monoisotopic (exact) mass is 512 g/mol. The number of hydrogen-bond acceptors (Lipinski definition) is 4. The number of carbonyl (C=O) groups is 2. The summed E-state index contributed by atoms with van der Waals surface area (Å²) in [6.45, 7) is -0.188. The lowest BCUT2D eigenvalue weighted by atomic mass is 10.2. The quantitative estimate of drug-likeness (QED) is 0.241. The number of nitrogens with one attached hydrogen (secondary N) is 3. The molecule has 0 aliphatic carbocycles. The maximum Gasteiger partial charge on any atom is 0.409 e. The minimum absolute atomic E-state index is 0.00913. The number of ether oxygens (including phenoxy) is 1. The number of carbonyl (C=O) groups excluding carboxylic acids is 1. The molecule has 0 fully saturated rings. The van der Waals surface area contributed by atoms with Crippen molar-refractivity contribution in [3.8, 4) is 17.6 Å². The molecule has 0 bridgehead atoms. The SMILES string of the molecule is N#Cc1cc(Cl)cc(Oc2c(Cl)ccc(CNC(=O)c3cc4cccc(NC(=O)O)c4[nH]3)c2F)c1. The molecule has 0 unspecified atom stereocenters. The topological polar surface area (TPSA) is 127 Å². The molecule has 0 spiro atoms. The van der Waals surface area contributed by atoms with Gasteiger partial charge in [0.15, 0.2) is 11.6 Å². The Morgan fingerprint density at radius 3 is 2.69 bits per heavy atom. The van der Waals surface area contributed by atoms with Crippen LogP contribution in [0.4, 0.5) is 14.9 Å². The fourth-order valence-electron chi connectivity index (χ4n) is 3.38. The first-order valence-electron chi connectivity index (χ1n) is 10.0. The van der Waals surface area contributed by atoms with E-state index in [0.717, 1.165) is 0 Å². The van der Waals surface area contributed by atoms with Crippen molar-refractivity contribution in [2.75, 3.05) is 5.32 Å². The molecule has 8 nitrogen and oxygen atoms in total. The lowest BCUT2D eigenvalue weighted by Crippen LogP contribution is -2.23. The molecule has 0 aliphatic heterocycles. The number of halogens is 3. The normalized spacial score (nSPS) is 10.6. The summed E-state index contributed by atoms with van der Waals surface area (Å²) in [4.78, 5) is 26.5. The summed E-state index contributed by atoms with van der Waals surface area (Å²) in [5.74, 6) is -1.48. The van der Waals surface area contributed by atoms with Gasteiger partial charge in [-0.25, -0.2) is 9.18 Å². The van der Waals surface area contributed by atoms with E-state index in [4.69, 9.17) is 38.3 Å². The van der Waals surface area contributed by atoms with E-state index in [2.05, 4.69) is 15.6 Å². The Bertz CT molecular complexity index is 1510. The molecule has 1 heterocycles. The van der Waals surface area contributed by atoms with Gasteiger partial charge in [0, 0.05) is 22.5 Å². The van der Waals surface area contributed by atoms with Crippen molar-refractivity contribution < 1.29 is 23.8 Å². The molecular weight excluding hydrogens is 498 g/mol. The van der Waals surface area contributed by atoms with Crippen LogP contribution in [0.1, 0.15) is 21.6 Å². The summed E-state index contributed by atoms with van der Waals surface area (Å²) < 4.78 is 20.7. The van der Waals surface area contributed by atoms with E-state index in [1.807, 2.05) is 6.07 Å². The minimum atomic E-state index is -1.24. The third-order valence-corrected chi connectivity index (χ3v) is 5.45. The van der Waals surface area contributed by atoms with Crippen LogP contribution in [0.15, 0.2) is 54.6 Å². The number of carboxylic acid groups (broad SMARTS) is 1. The molecule has 0 saturated heterocycles. The average molecular weight is 513 g/mol. The van der Waals surface area contributed by atoms with Crippen molar-refractivity contribution in [1.82, 2.24) is 10.3 Å². The number of aromatic amines is 1. The first-order chi connectivity index (χ1) is 16.7. The highest BCUT2D eigenvalue weighted by Gasteiger charge is 2.18. The number of H-pyrrole nitrogens is 1. The number of hydrogen-bond donors (Lipinski definition) is 4. The molecule has 2 amide bonds. The van der Waals surface area contributed by atoms with Gasteiger partial charge in [0.25, 0.3) is 5.91 Å². The van der Waals surface area contributed by atoms with Gasteiger partial charge < -0.3 is 20.1 Å². The zero-order chi connectivity index (χ0) is 25.1. The van der Waals surface area contributed by atoms with Gasteiger partial charge in [-0.1, -0.05) is 41.4 Å². The smallest absolute Gasteiger partial charge is 0.409 e. The molecule has 0 atom stereocenters. The van der Waals surface area contributed by atoms with Crippen LogP contribution in [-0.2, 0) is 6.54 Å². The van der Waals surface area contributed by atoms with Gasteiger partial charge in [0.05, 0.1) is 27.9 Å². The molecule has 176 valence electrons. The van der Waals surface area contributed by atoms with Crippen LogP contribution in [0.3, 0.4) is 0 Å². The second-order valence-electron chi connectivity index (χ2n) is 7.30. The van der Waals surface area contributed by atoms with Gasteiger partial charge in [0.2, 0.25) is 0 Å². The molecule has 4 aromatic rings. The number of fused-ring (bicyclic) bond motifs is 1. The van der Waals surface area contributed by atoms with Gasteiger partial charge in [-0.2, -0.15) is 5.26 Å². The molecule has 4 rings (SSSR count). The van der Waals surface area contributed by atoms with Crippen molar-refractivity contribution in [2.45, 2.75) is 6.54 Å². The van der Waals surface area contributed by atoms with Gasteiger partial charge in [0.1, 0.15) is 11.4 Å². The maximum atomic E-state index is 15.2. The van der Waals surface area contributed by atoms with Gasteiger partial charge in [-0.05, 0) is 36.4 Å². The zero-order valence-electron chi connectivity index (χ0n) is 17.7. The highest BCUT2D eigenvalue weighted by atomic mass is 35.5. The van der Waals surface area contributed by atoms with E-state index in [9.17, 15) is 9.59 Å². The van der Waals surface area contributed by atoms with E-state index in [0.29, 0.717) is 16.6 Å². The Morgan fingerprint density at radius 1 is 1.14 bits per heavy atom.